The number of unbranched alkanes of at least 4 members (excludes halogenated alkanes) is 6. The molecule has 6 heteroatoms. The van der Waals surface area contributed by atoms with Gasteiger partial charge in [0, 0.05) is 31.2 Å². The molecule has 7 rings (SSSR count). The van der Waals surface area contributed by atoms with Crippen molar-refractivity contribution in [3.8, 4) is 22.6 Å². The third-order valence-electron chi connectivity index (χ3n) is 17.3. The highest BCUT2D eigenvalue weighted by Gasteiger charge is 2.76. The lowest BCUT2D eigenvalue weighted by Gasteiger charge is -2.40. The lowest BCUT2D eigenvalue weighted by molar-refractivity contribution is -0.928. The Morgan fingerprint density at radius 1 is 0.543 bits per heavy atom. The predicted molar refractivity (Wildman–Crippen MR) is 298 cm³/mol. The molecule has 3 aromatic rings. The van der Waals surface area contributed by atoms with Crippen LogP contribution in [0, 0.1) is 6.92 Å². The Kier molecular flexibility index (Phi) is 18.0. The van der Waals surface area contributed by atoms with Crippen molar-refractivity contribution in [2.75, 3.05) is 52.4 Å². The van der Waals surface area contributed by atoms with E-state index in [1.165, 1.54) is 201 Å². The highest BCUT2D eigenvalue weighted by atomic mass is 16.7. The van der Waals surface area contributed by atoms with Crippen molar-refractivity contribution in [3.63, 3.8) is 0 Å². The summed E-state index contributed by atoms with van der Waals surface area (Å²) >= 11 is 0. The minimum Gasteiger partial charge on any atom is -0.340 e. The van der Waals surface area contributed by atoms with Gasteiger partial charge >= 0.3 is 6.03 Å². The highest BCUT2D eigenvalue weighted by Crippen LogP contribution is 2.49. The van der Waals surface area contributed by atoms with Gasteiger partial charge in [0.2, 0.25) is 12.1 Å². The molecule has 3 aliphatic heterocycles. The van der Waals surface area contributed by atoms with E-state index in [0.717, 1.165) is 37.2 Å². The van der Waals surface area contributed by atoms with E-state index in [4.69, 9.17) is 9.47 Å². The Hall–Kier alpha value is -3.48. The van der Waals surface area contributed by atoms with Gasteiger partial charge in [0.25, 0.3) is 0 Å². The van der Waals surface area contributed by atoms with Gasteiger partial charge in [-0.25, -0.2) is 0 Å². The zero-order valence-corrected chi connectivity index (χ0v) is 47.3. The largest absolute Gasteiger partial charge is 0.704 e. The van der Waals surface area contributed by atoms with E-state index < -0.39 is 6.03 Å². The van der Waals surface area contributed by atoms with Crippen LogP contribution >= 0.6 is 0 Å². The summed E-state index contributed by atoms with van der Waals surface area (Å²) in [7, 11) is 0. The lowest BCUT2D eigenvalue weighted by atomic mass is 9.79. The van der Waals surface area contributed by atoms with Crippen LogP contribution in [-0.4, -0.2) is 101 Å². The second kappa shape index (κ2) is 23.2. The summed E-state index contributed by atoms with van der Waals surface area (Å²) in [5.41, 5.74) is 12.0. The van der Waals surface area contributed by atoms with Crippen molar-refractivity contribution in [1.82, 2.24) is 0 Å². The minimum absolute atomic E-state index is 0.0204. The van der Waals surface area contributed by atoms with Crippen LogP contribution in [0.1, 0.15) is 225 Å². The van der Waals surface area contributed by atoms with Crippen molar-refractivity contribution in [2.24, 2.45) is 0 Å². The van der Waals surface area contributed by atoms with Crippen LogP contribution < -0.4 is 9.47 Å². The van der Waals surface area contributed by atoms with Gasteiger partial charge in [0.1, 0.15) is 0 Å². The molecule has 0 aromatic heterocycles. The number of aryl methyl sites for hydroxylation is 1. The van der Waals surface area contributed by atoms with Gasteiger partial charge in [-0.2, -0.15) is 0 Å². The van der Waals surface area contributed by atoms with Gasteiger partial charge in [0.05, 0.1) is 63.5 Å². The average molecular weight is 960 g/mol. The quantitative estimate of drug-likeness (QED) is 0.0624. The van der Waals surface area contributed by atoms with E-state index in [0.29, 0.717) is 12.1 Å². The number of quaternary nitrogens is 2. The van der Waals surface area contributed by atoms with Crippen LogP contribution in [0.3, 0.4) is 0 Å². The molecule has 70 heavy (non-hydrogen) atoms. The van der Waals surface area contributed by atoms with Crippen molar-refractivity contribution in [3.05, 3.63) is 81.4 Å². The second-order valence-electron chi connectivity index (χ2n) is 24.9. The summed E-state index contributed by atoms with van der Waals surface area (Å²) in [5, 5.41) is 0. The zero-order chi connectivity index (χ0) is 50.3. The van der Waals surface area contributed by atoms with Gasteiger partial charge in [-0.05, 0) is 121 Å². The third kappa shape index (κ3) is 11.6. The van der Waals surface area contributed by atoms with Crippen LogP contribution in [0.5, 0.6) is 11.5 Å². The molecule has 1 spiro atoms. The lowest BCUT2D eigenvalue weighted by Crippen LogP contribution is -2.60. The molecule has 4 aliphatic rings. The fourth-order valence-electron chi connectivity index (χ4n) is 12.9. The summed E-state index contributed by atoms with van der Waals surface area (Å²) in [5.74, 6) is 1.94. The number of benzene rings is 3. The molecular weight excluding hydrogens is 857 g/mol. The smallest absolute Gasteiger partial charge is 0.340 e. The van der Waals surface area contributed by atoms with E-state index in [-0.39, 0.29) is 10.8 Å². The number of hydrogen-bond acceptors (Lipinski definition) is 2. The highest BCUT2D eigenvalue weighted by molar-refractivity contribution is 5.87. The zero-order valence-electron chi connectivity index (χ0n) is 47.3. The summed E-state index contributed by atoms with van der Waals surface area (Å²) in [4.78, 5) is 0. The summed E-state index contributed by atoms with van der Waals surface area (Å²) < 4.78 is 22.8. The van der Waals surface area contributed by atoms with Crippen molar-refractivity contribution in [2.45, 2.75) is 235 Å². The van der Waals surface area contributed by atoms with Crippen LogP contribution in [0.4, 0.5) is 0 Å². The molecule has 3 atom stereocenters. The number of rotatable bonds is 25. The van der Waals surface area contributed by atoms with Gasteiger partial charge in [-0.1, -0.05) is 155 Å². The first-order valence-electron chi connectivity index (χ1n) is 29.3. The Balaban J connectivity index is 1.37. The molecule has 1 saturated carbocycles. The standard InChI is InChI=1S/C64H102N4O2/c1-14-20-35-67(36-21-15-2,37-22-16-3)41-33-50-29-28-30-51(34-42-68(38-23-17-4,39-24-18-5)40-25-19-6)59(50)52-43-49(7)60-53(44-52)47-65-57-31-26-27-32-58(57)66-48-54-45-55(62(8,9)10)46-56(63(11,12)13)61(54)70-64(65,66)69-60/h28-30,43-48,57-58H,14-27,31-42H2,1-13H3/q+4. The maximum atomic E-state index is 7.62. The van der Waals surface area contributed by atoms with Crippen molar-refractivity contribution in [1.29, 1.82) is 0 Å². The SMILES string of the molecule is CCCC[N+](CCCC)(CCCC)CCc1cccc(CC[N+](CCCC)(CCCC)CCCC)c1-c1cc(C)c2c(c1)C=[N+]1C3CCCCC3[N+]3=Cc4cc(C(C)(C)C)cc(C(C)(C)C)c4OC13O2. The molecule has 2 fully saturated rings. The Morgan fingerprint density at radius 2 is 0.971 bits per heavy atom. The fraction of sp³-hybridized carbons (Fsp3) is 0.688. The number of nitrogens with zero attached hydrogens (tertiary/aromatic N) is 4. The fourth-order valence-corrected chi connectivity index (χ4v) is 12.9. The van der Waals surface area contributed by atoms with E-state index in [1.807, 2.05) is 0 Å². The maximum Gasteiger partial charge on any atom is 0.704 e. The van der Waals surface area contributed by atoms with E-state index in [1.54, 1.807) is 0 Å². The van der Waals surface area contributed by atoms with Gasteiger partial charge in [-0.15, -0.1) is 0 Å². The Morgan fingerprint density at radius 3 is 1.39 bits per heavy atom. The van der Waals surface area contributed by atoms with Crippen LogP contribution in [0.2, 0.25) is 0 Å². The molecule has 0 radical (unpaired) electrons. The Labute approximate surface area is 429 Å². The van der Waals surface area contributed by atoms with Gasteiger partial charge < -0.3 is 18.4 Å². The van der Waals surface area contributed by atoms with Gasteiger partial charge in [-0.3, -0.25) is 0 Å². The molecular formula is C64H102N4O2+4. The average Bonchev–Trinajstić information content (AvgIpc) is 3.61. The van der Waals surface area contributed by atoms with Crippen molar-refractivity contribution >= 4 is 12.4 Å². The topological polar surface area (TPSA) is 24.5 Å². The first-order chi connectivity index (χ1) is 33.5. The second-order valence-corrected chi connectivity index (χ2v) is 24.9. The van der Waals surface area contributed by atoms with Crippen LogP contribution in [0.15, 0.2) is 42.5 Å². The van der Waals surface area contributed by atoms with Crippen molar-refractivity contribution < 1.29 is 27.6 Å². The predicted octanol–water partition coefficient (Wildman–Crippen LogP) is 15.1. The molecule has 1 saturated heterocycles. The molecule has 3 heterocycles. The first kappa shape index (κ1) is 54.3. The third-order valence-corrected chi connectivity index (χ3v) is 17.3. The minimum atomic E-state index is -1.06. The molecule has 1 aliphatic carbocycles. The summed E-state index contributed by atoms with van der Waals surface area (Å²) in [6.45, 7) is 40.8. The molecule has 3 unspecified atom stereocenters. The normalized spacial score (nSPS) is 19.8. The molecule has 0 amide bonds. The monoisotopic (exact) mass is 959 g/mol. The maximum absolute atomic E-state index is 7.62. The number of fused-ring (bicyclic) bond motifs is 5. The summed E-state index contributed by atoms with van der Waals surface area (Å²) in [6.07, 6.45) is 27.4. The van der Waals surface area contributed by atoms with Gasteiger partial charge in [0.15, 0.2) is 23.9 Å². The van der Waals surface area contributed by atoms with E-state index >= 15 is 0 Å². The molecule has 386 valence electrons. The number of hydrogen-bond donors (Lipinski definition) is 0. The molecule has 3 aromatic carbocycles. The van der Waals surface area contributed by atoms with Crippen LogP contribution in [-0.2, 0) is 23.7 Å². The summed E-state index contributed by atoms with van der Waals surface area (Å²) in [6, 6.07) is 16.8. The van der Waals surface area contributed by atoms with E-state index in [9.17, 15) is 0 Å². The Bertz CT molecular complexity index is 2190. The molecule has 0 bridgehead atoms. The van der Waals surface area contributed by atoms with E-state index in [2.05, 4.69) is 154 Å². The molecule has 0 N–H and O–H groups in total. The number of ether oxygens (including phenoxy) is 2. The van der Waals surface area contributed by atoms with Crippen LogP contribution in [0.25, 0.3) is 11.1 Å². The molecule has 6 nitrogen and oxygen atoms in total. The first-order valence-corrected chi connectivity index (χ1v) is 29.3.